The lowest BCUT2D eigenvalue weighted by Gasteiger charge is -2.35. The number of allylic oxidation sites excluding steroid dienone is 1. The number of hydrazine groups is 1. The van der Waals surface area contributed by atoms with Crippen molar-refractivity contribution in [3.05, 3.63) is 11.9 Å². The molecule has 0 aliphatic heterocycles. The van der Waals surface area contributed by atoms with Gasteiger partial charge in [-0.1, -0.05) is 27.7 Å². The lowest BCUT2D eigenvalue weighted by Crippen LogP contribution is -2.48. The van der Waals surface area contributed by atoms with E-state index in [1.54, 1.807) is 0 Å². The van der Waals surface area contributed by atoms with E-state index in [0.717, 1.165) is 6.29 Å². The summed E-state index contributed by atoms with van der Waals surface area (Å²) in [7, 11) is 0. The molecular formula is C23H51N3O8. The summed E-state index contributed by atoms with van der Waals surface area (Å²) in [5.41, 5.74) is 5.44. The van der Waals surface area contributed by atoms with Crippen LogP contribution in [0.15, 0.2) is 11.9 Å². The predicted molar refractivity (Wildman–Crippen MR) is 132 cm³/mol. The van der Waals surface area contributed by atoms with E-state index in [9.17, 15) is 9.90 Å². The number of aliphatic hydroxyl groups excluding tert-OH is 5. The number of nitrogens with two attached hydrogens (primary N) is 2. The number of carbonyl (C=O) groups is 1. The van der Waals surface area contributed by atoms with Crippen molar-refractivity contribution in [2.24, 2.45) is 28.8 Å². The minimum absolute atomic E-state index is 0.0233. The first kappa shape index (κ1) is 37.2. The summed E-state index contributed by atoms with van der Waals surface area (Å²) in [5, 5.41) is 48.0. The van der Waals surface area contributed by atoms with Crippen molar-refractivity contribution in [3.63, 3.8) is 0 Å². The van der Waals surface area contributed by atoms with Gasteiger partial charge in [0, 0.05) is 36.7 Å². The fraction of sp³-hybridized carbons (Fsp3) is 0.870. The summed E-state index contributed by atoms with van der Waals surface area (Å²) >= 11 is 0. The quantitative estimate of drug-likeness (QED) is 0.0501. The Morgan fingerprint density at radius 1 is 0.912 bits per heavy atom. The Morgan fingerprint density at radius 3 is 1.71 bits per heavy atom. The highest BCUT2D eigenvalue weighted by molar-refractivity contribution is 5.49. The van der Waals surface area contributed by atoms with E-state index in [2.05, 4.69) is 0 Å². The van der Waals surface area contributed by atoms with Crippen molar-refractivity contribution >= 4 is 6.29 Å². The van der Waals surface area contributed by atoms with Crippen molar-refractivity contribution in [2.45, 2.75) is 47.0 Å². The minimum Gasteiger partial charge on any atom is -0.401 e. The summed E-state index contributed by atoms with van der Waals surface area (Å²) in [6.07, 6.45) is 3.83. The van der Waals surface area contributed by atoms with Crippen molar-refractivity contribution in [1.29, 1.82) is 0 Å². The van der Waals surface area contributed by atoms with Crippen LogP contribution in [0.5, 0.6) is 0 Å². The van der Waals surface area contributed by atoms with Gasteiger partial charge in [0.15, 0.2) is 0 Å². The molecule has 0 rings (SSSR count). The Labute approximate surface area is 205 Å². The van der Waals surface area contributed by atoms with Crippen molar-refractivity contribution < 1.29 is 39.8 Å². The number of nitrogens with zero attached hydrogens (tertiary/aromatic N) is 1. The third-order valence-corrected chi connectivity index (χ3v) is 4.53. The van der Waals surface area contributed by atoms with E-state index in [1.807, 2.05) is 27.7 Å². The Kier molecular flexibility index (Phi) is 28.8. The SMILES string of the molecule is CC.CC.N/C(=C\N(N)CC(CO)(COCC(CO)CO)COCC(CO)CO)CCCC=O. The Bertz CT molecular complexity index is 443. The summed E-state index contributed by atoms with van der Waals surface area (Å²) in [6.45, 7) is 7.03. The molecule has 0 aliphatic carbocycles. The van der Waals surface area contributed by atoms with Gasteiger partial charge in [-0.25, -0.2) is 5.84 Å². The number of carbonyl (C=O) groups excluding carboxylic acids is 1. The molecule has 11 heteroatoms. The third kappa shape index (κ3) is 19.0. The fourth-order valence-corrected chi connectivity index (χ4v) is 2.58. The van der Waals surface area contributed by atoms with Crippen molar-refractivity contribution in [3.8, 4) is 0 Å². The molecule has 0 aromatic heterocycles. The van der Waals surface area contributed by atoms with Crippen LogP contribution in [-0.2, 0) is 14.3 Å². The van der Waals surface area contributed by atoms with Gasteiger partial charge in [-0.3, -0.25) is 0 Å². The minimum atomic E-state index is -0.959. The zero-order valence-electron chi connectivity index (χ0n) is 21.6. The molecular weight excluding hydrogens is 446 g/mol. The highest BCUT2D eigenvalue weighted by atomic mass is 16.5. The third-order valence-electron chi connectivity index (χ3n) is 4.53. The maximum absolute atomic E-state index is 10.4. The number of hydrogen-bond acceptors (Lipinski definition) is 11. The maximum atomic E-state index is 10.4. The second-order valence-corrected chi connectivity index (χ2v) is 7.59. The Hall–Kier alpha value is -1.31. The largest absolute Gasteiger partial charge is 0.401 e. The molecule has 0 radical (unpaired) electrons. The zero-order valence-corrected chi connectivity index (χ0v) is 21.6. The average molecular weight is 498 g/mol. The first-order valence-electron chi connectivity index (χ1n) is 12.0. The van der Waals surface area contributed by atoms with Crippen LogP contribution in [-0.4, -0.2) is 103 Å². The first-order chi connectivity index (χ1) is 16.4. The van der Waals surface area contributed by atoms with Gasteiger partial charge in [-0.05, 0) is 12.8 Å². The van der Waals surface area contributed by atoms with Crippen molar-refractivity contribution in [2.75, 3.05) is 66.0 Å². The lowest BCUT2D eigenvalue weighted by atomic mass is 9.90. The molecule has 0 amide bonds. The van der Waals surface area contributed by atoms with E-state index in [-0.39, 0.29) is 66.0 Å². The van der Waals surface area contributed by atoms with E-state index in [4.69, 9.17) is 41.5 Å². The zero-order chi connectivity index (χ0) is 26.8. The monoisotopic (exact) mass is 497 g/mol. The number of rotatable bonds is 20. The molecule has 0 saturated heterocycles. The van der Waals surface area contributed by atoms with Crippen LogP contribution in [0.3, 0.4) is 0 Å². The van der Waals surface area contributed by atoms with Crippen LogP contribution in [0.2, 0.25) is 0 Å². The molecule has 0 saturated carbocycles. The number of unbranched alkanes of at least 4 members (excludes halogenated alkanes) is 1. The second-order valence-electron chi connectivity index (χ2n) is 7.59. The summed E-state index contributed by atoms with van der Waals surface area (Å²) in [6, 6.07) is 0. The van der Waals surface area contributed by atoms with Crippen LogP contribution in [0, 0.1) is 17.3 Å². The molecule has 34 heavy (non-hydrogen) atoms. The standard InChI is InChI=1S/C19H39N3O8.2C2H6/c20-18(3-1-2-4-23)5-22(21)12-19(13-28,14-29-10-16(6-24)7-25)15-30-11-17(8-26)9-27;2*1-2/h4-5,16-17,24-28H,1-3,6-15,20-21H2;2*1-2H3/b18-5-;;. The van der Waals surface area contributed by atoms with E-state index >= 15 is 0 Å². The average Bonchev–Trinajstić information content (AvgIpc) is 2.86. The van der Waals surface area contributed by atoms with Gasteiger partial charge in [-0.15, -0.1) is 0 Å². The molecule has 0 aromatic rings. The molecule has 9 N–H and O–H groups in total. The van der Waals surface area contributed by atoms with E-state index in [1.165, 1.54) is 11.2 Å². The summed E-state index contributed by atoms with van der Waals surface area (Å²) < 4.78 is 11.2. The van der Waals surface area contributed by atoms with Crippen LogP contribution < -0.4 is 11.6 Å². The molecule has 11 nitrogen and oxygen atoms in total. The number of ether oxygens (including phenoxy) is 2. The smallest absolute Gasteiger partial charge is 0.120 e. The fourth-order valence-electron chi connectivity index (χ4n) is 2.58. The molecule has 0 fully saturated rings. The van der Waals surface area contributed by atoms with Crippen LogP contribution >= 0.6 is 0 Å². The van der Waals surface area contributed by atoms with Crippen molar-refractivity contribution in [1.82, 2.24) is 5.01 Å². The van der Waals surface area contributed by atoms with Gasteiger partial charge in [0.05, 0.1) is 64.9 Å². The van der Waals surface area contributed by atoms with Gasteiger partial charge in [-0.2, -0.15) is 0 Å². The molecule has 0 spiro atoms. The van der Waals surface area contributed by atoms with Crippen LogP contribution in [0.1, 0.15) is 47.0 Å². The molecule has 0 aliphatic rings. The van der Waals surface area contributed by atoms with Gasteiger partial charge < -0.3 is 50.5 Å². The molecule has 0 bridgehead atoms. The maximum Gasteiger partial charge on any atom is 0.120 e. The number of aliphatic hydroxyl groups is 5. The van der Waals surface area contributed by atoms with Gasteiger partial charge in [0.25, 0.3) is 0 Å². The Morgan fingerprint density at radius 2 is 1.35 bits per heavy atom. The lowest BCUT2D eigenvalue weighted by molar-refractivity contribution is -0.107. The molecule has 206 valence electrons. The first-order valence-corrected chi connectivity index (χ1v) is 12.0. The summed E-state index contributed by atoms with van der Waals surface area (Å²) in [4.78, 5) is 10.4. The van der Waals surface area contributed by atoms with E-state index in [0.29, 0.717) is 25.0 Å². The van der Waals surface area contributed by atoms with Crippen LogP contribution in [0.4, 0.5) is 0 Å². The normalized spacial score (nSPS) is 11.6. The Balaban J connectivity index is -0.00000227. The molecule has 0 aromatic carbocycles. The van der Waals surface area contributed by atoms with Crippen LogP contribution in [0.25, 0.3) is 0 Å². The molecule has 0 heterocycles. The highest BCUT2D eigenvalue weighted by Gasteiger charge is 2.33. The molecule has 0 atom stereocenters. The van der Waals surface area contributed by atoms with Gasteiger partial charge in [0.1, 0.15) is 6.29 Å². The number of aldehydes is 1. The highest BCUT2D eigenvalue weighted by Crippen LogP contribution is 2.21. The van der Waals surface area contributed by atoms with E-state index < -0.39 is 17.3 Å². The topological polar surface area (TPSA) is 192 Å². The van der Waals surface area contributed by atoms with Gasteiger partial charge >= 0.3 is 0 Å². The number of hydrogen-bond donors (Lipinski definition) is 7. The van der Waals surface area contributed by atoms with Gasteiger partial charge in [0.2, 0.25) is 0 Å². The predicted octanol–water partition coefficient (Wildman–Crippen LogP) is -0.403. The second kappa shape index (κ2) is 26.3. The molecule has 0 unspecified atom stereocenters. The summed E-state index contributed by atoms with van der Waals surface area (Å²) in [5.74, 6) is 5.14.